The lowest BCUT2D eigenvalue weighted by molar-refractivity contribution is 0.0702. The molecule has 1 atom stereocenters. The van der Waals surface area contributed by atoms with Gasteiger partial charge in [-0.25, -0.2) is 4.79 Å². The summed E-state index contributed by atoms with van der Waals surface area (Å²) in [6.45, 7) is 2.90. The zero-order valence-electron chi connectivity index (χ0n) is 10.8. The first-order valence-corrected chi connectivity index (χ1v) is 7.99. The minimum absolute atomic E-state index is 0.361. The molecule has 0 saturated heterocycles. The highest BCUT2D eigenvalue weighted by molar-refractivity contribution is 7.13. The second-order valence-corrected chi connectivity index (χ2v) is 6.46. The summed E-state index contributed by atoms with van der Waals surface area (Å²) >= 11 is 3.10. The molecule has 0 fully saturated rings. The molecular formula is C14H17NO2S2. The normalized spacial score (nSPS) is 12.5. The van der Waals surface area contributed by atoms with Crippen LogP contribution in [0.25, 0.3) is 0 Å². The molecule has 0 aliphatic heterocycles. The number of hydrogen-bond donors (Lipinski definition) is 2. The molecular weight excluding hydrogens is 278 g/mol. The first kappa shape index (κ1) is 14.2. The van der Waals surface area contributed by atoms with Gasteiger partial charge in [0.05, 0.1) is 0 Å². The van der Waals surface area contributed by atoms with Crippen LogP contribution in [-0.2, 0) is 6.54 Å². The van der Waals surface area contributed by atoms with Crippen LogP contribution in [0.1, 0.15) is 45.2 Å². The number of carboxylic acid groups (broad SMARTS) is 1. The van der Waals surface area contributed by atoms with Crippen molar-refractivity contribution in [3.8, 4) is 0 Å². The van der Waals surface area contributed by atoms with Gasteiger partial charge in [0.25, 0.3) is 0 Å². The average molecular weight is 295 g/mol. The summed E-state index contributed by atoms with van der Waals surface area (Å²) in [5, 5.41) is 14.5. The maximum absolute atomic E-state index is 10.8. The Bertz CT molecular complexity index is 519. The highest BCUT2D eigenvalue weighted by atomic mass is 32.1. The molecule has 102 valence electrons. The third kappa shape index (κ3) is 3.89. The van der Waals surface area contributed by atoms with Gasteiger partial charge >= 0.3 is 5.97 Å². The molecule has 3 nitrogen and oxygen atoms in total. The minimum atomic E-state index is -0.848. The van der Waals surface area contributed by atoms with Gasteiger partial charge < -0.3 is 10.4 Å². The van der Waals surface area contributed by atoms with Gasteiger partial charge in [0.2, 0.25) is 0 Å². The molecule has 0 saturated carbocycles. The lowest BCUT2D eigenvalue weighted by atomic mass is 10.1. The number of hydrogen-bond acceptors (Lipinski definition) is 4. The third-order valence-electron chi connectivity index (χ3n) is 2.86. The fourth-order valence-electron chi connectivity index (χ4n) is 1.93. The van der Waals surface area contributed by atoms with Crippen molar-refractivity contribution < 1.29 is 9.90 Å². The Balaban J connectivity index is 1.96. The molecule has 0 bridgehead atoms. The Hall–Kier alpha value is -1.17. The molecule has 5 heteroatoms. The predicted molar refractivity (Wildman–Crippen MR) is 80.1 cm³/mol. The summed E-state index contributed by atoms with van der Waals surface area (Å²) in [6, 6.07) is 8.13. The van der Waals surface area contributed by atoms with E-state index in [0.717, 1.165) is 24.3 Å². The largest absolute Gasteiger partial charge is 0.477 e. The van der Waals surface area contributed by atoms with Gasteiger partial charge in [-0.3, -0.25) is 0 Å². The van der Waals surface area contributed by atoms with Crippen molar-refractivity contribution in [1.82, 2.24) is 5.32 Å². The molecule has 2 heterocycles. The second-order valence-electron chi connectivity index (χ2n) is 4.31. The van der Waals surface area contributed by atoms with Crippen molar-refractivity contribution >= 4 is 28.6 Å². The minimum Gasteiger partial charge on any atom is -0.477 e. The van der Waals surface area contributed by atoms with Crippen LogP contribution in [0.15, 0.2) is 29.6 Å². The van der Waals surface area contributed by atoms with Gasteiger partial charge in [0, 0.05) is 22.3 Å². The Morgan fingerprint density at radius 3 is 2.84 bits per heavy atom. The third-order valence-corrected chi connectivity index (χ3v) is 4.92. The van der Waals surface area contributed by atoms with Crippen LogP contribution in [0.2, 0.25) is 0 Å². The molecule has 2 N–H and O–H groups in total. The fourth-order valence-corrected chi connectivity index (χ4v) is 3.57. The van der Waals surface area contributed by atoms with Crippen molar-refractivity contribution in [2.45, 2.75) is 32.4 Å². The molecule has 0 aliphatic carbocycles. The molecule has 0 radical (unpaired) electrons. The van der Waals surface area contributed by atoms with Crippen LogP contribution < -0.4 is 5.32 Å². The molecule has 2 aromatic rings. The van der Waals surface area contributed by atoms with Crippen molar-refractivity contribution in [3.63, 3.8) is 0 Å². The number of nitrogens with one attached hydrogen (secondary N) is 1. The van der Waals surface area contributed by atoms with Crippen molar-refractivity contribution in [2.24, 2.45) is 0 Å². The maximum atomic E-state index is 10.8. The lowest BCUT2D eigenvalue weighted by Gasteiger charge is -2.16. The standard InChI is InChI=1S/C14H17NO2S2/c1-2-4-11(12-5-3-8-18-12)15-9-10-6-7-13(19-10)14(16)17/h3,5-8,11,15H,2,4,9H2,1H3,(H,16,17). The van der Waals surface area contributed by atoms with Crippen LogP contribution in [-0.4, -0.2) is 11.1 Å². The topological polar surface area (TPSA) is 49.3 Å². The Kier molecular flexibility index (Phi) is 5.13. The van der Waals surface area contributed by atoms with Crippen molar-refractivity contribution in [2.75, 3.05) is 0 Å². The quantitative estimate of drug-likeness (QED) is 0.807. The molecule has 2 rings (SSSR count). The first-order valence-electron chi connectivity index (χ1n) is 6.29. The van der Waals surface area contributed by atoms with Crippen molar-refractivity contribution in [1.29, 1.82) is 0 Å². The van der Waals surface area contributed by atoms with Crippen LogP contribution in [0.4, 0.5) is 0 Å². The van der Waals surface area contributed by atoms with Gasteiger partial charge in [-0.1, -0.05) is 19.4 Å². The SMILES string of the molecule is CCCC(NCc1ccc(C(=O)O)s1)c1cccs1. The van der Waals surface area contributed by atoms with Gasteiger partial charge in [-0.05, 0) is 30.0 Å². The van der Waals surface area contributed by atoms with E-state index in [4.69, 9.17) is 5.11 Å². The molecule has 0 spiro atoms. The van der Waals surface area contributed by atoms with Gasteiger partial charge in [-0.2, -0.15) is 0 Å². The van der Waals surface area contributed by atoms with Crippen LogP contribution in [0, 0.1) is 0 Å². The summed E-state index contributed by atoms with van der Waals surface area (Å²) in [4.78, 5) is 13.6. The van der Waals surface area contributed by atoms with Crippen LogP contribution in [0.3, 0.4) is 0 Å². The zero-order valence-corrected chi connectivity index (χ0v) is 12.4. The molecule has 19 heavy (non-hydrogen) atoms. The molecule has 0 aliphatic rings. The summed E-state index contributed by atoms with van der Waals surface area (Å²) in [6.07, 6.45) is 2.22. The van der Waals surface area contributed by atoms with E-state index in [0.29, 0.717) is 10.9 Å². The number of rotatable bonds is 7. The average Bonchev–Trinajstić information content (AvgIpc) is 3.05. The number of aromatic carboxylic acids is 1. The Labute approximate surface area is 120 Å². The van der Waals surface area contributed by atoms with E-state index in [9.17, 15) is 4.79 Å². The Morgan fingerprint density at radius 1 is 1.42 bits per heavy atom. The zero-order chi connectivity index (χ0) is 13.7. The molecule has 0 aromatic carbocycles. The number of thiophene rings is 2. The summed E-state index contributed by atoms with van der Waals surface area (Å²) in [5.74, 6) is -0.848. The summed E-state index contributed by atoms with van der Waals surface area (Å²) in [7, 11) is 0. The van der Waals surface area contributed by atoms with Gasteiger partial charge in [0.15, 0.2) is 0 Å². The summed E-state index contributed by atoms with van der Waals surface area (Å²) in [5.41, 5.74) is 0. The van der Waals surface area contributed by atoms with E-state index in [1.54, 1.807) is 17.4 Å². The van der Waals surface area contributed by atoms with E-state index in [2.05, 4.69) is 29.8 Å². The summed E-state index contributed by atoms with van der Waals surface area (Å²) < 4.78 is 0. The number of carboxylic acids is 1. The van der Waals surface area contributed by atoms with E-state index in [-0.39, 0.29) is 0 Å². The highest BCUT2D eigenvalue weighted by Crippen LogP contribution is 2.24. The first-order chi connectivity index (χ1) is 9.20. The molecule has 0 amide bonds. The fraction of sp³-hybridized carbons (Fsp3) is 0.357. The highest BCUT2D eigenvalue weighted by Gasteiger charge is 2.12. The van der Waals surface area contributed by atoms with Gasteiger partial charge in [-0.15, -0.1) is 22.7 Å². The Morgan fingerprint density at radius 2 is 2.26 bits per heavy atom. The van der Waals surface area contributed by atoms with E-state index < -0.39 is 5.97 Å². The number of carbonyl (C=O) groups is 1. The van der Waals surface area contributed by atoms with Crippen LogP contribution >= 0.6 is 22.7 Å². The molecule has 1 unspecified atom stereocenters. The predicted octanol–water partition coefficient (Wildman–Crippen LogP) is 4.14. The van der Waals surface area contributed by atoms with E-state index >= 15 is 0 Å². The second kappa shape index (κ2) is 6.84. The van der Waals surface area contributed by atoms with E-state index in [1.165, 1.54) is 16.2 Å². The smallest absolute Gasteiger partial charge is 0.345 e. The maximum Gasteiger partial charge on any atom is 0.345 e. The molecule has 2 aromatic heterocycles. The van der Waals surface area contributed by atoms with E-state index in [1.807, 2.05) is 6.07 Å². The monoisotopic (exact) mass is 295 g/mol. The van der Waals surface area contributed by atoms with Crippen LogP contribution in [0.5, 0.6) is 0 Å². The lowest BCUT2D eigenvalue weighted by Crippen LogP contribution is -2.19. The van der Waals surface area contributed by atoms with Gasteiger partial charge in [0.1, 0.15) is 4.88 Å². The van der Waals surface area contributed by atoms with Crippen molar-refractivity contribution in [3.05, 3.63) is 44.3 Å².